The molecule has 1 aromatic carbocycles. The number of phenols is 1. The van der Waals surface area contributed by atoms with Crippen molar-refractivity contribution in [2.45, 2.75) is 146 Å². The SMILES string of the molecule is CC[C@H](C)[C@H](NC(=O)[C@H](CO)NC(=O)[C@H](C)NC(=O)[C@H](Cc1ccc(O)cc1)NC(=O)CNC(=O)[C@@H](C)NC(=O)[C@@H]1CCCN1)C(=O)N[C@@H](CCCCN)C(=O)N[C@@H](CCCCN)C(=O)N[C@@H](CO)C(=O)O. The van der Waals surface area contributed by atoms with Crippen molar-refractivity contribution in [3.8, 4) is 5.75 Å². The van der Waals surface area contributed by atoms with Crippen LogP contribution < -0.4 is 64.6 Å². The summed E-state index contributed by atoms with van der Waals surface area (Å²) in [6.07, 6.45) is 3.31. The van der Waals surface area contributed by atoms with Gasteiger partial charge in [-0.05, 0) is 108 Å². The Morgan fingerprint density at radius 1 is 0.625 bits per heavy atom. The second-order valence-electron chi connectivity index (χ2n) is 17.7. The van der Waals surface area contributed by atoms with Crippen molar-refractivity contribution in [3.05, 3.63) is 29.8 Å². The average molecular weight is 1020 g/mol. The molecule has 1 aliphatic rings. The van der Waals surface area contributed by atoms with Crippen LogP contribution in [0, 0.1) is 5.92 Å². The molecule has 0 aromatic heterocycles. The van der Waals surface area contributed by atoms with Crippen LogP contribution in [0.15, 0.2) is 24.3 Å². The number of benzene rings is 1. The average Bonchev–Trinajstić information content (AvgIpc) is 3.90. The third kappa shape index (κ3) is 21.5. The van der Waals surface area contributed by atoms with E-state index in [9.17, 15) is 68.4 Å². The van der Waals surface area contributed by atoms with Crippen LogP contribution in [0.25, 0.3) is 0 Å². The van der Waals surface area contributed by atoms with Gasteiger partial charge in [-0.15, -0.1) is 0 Å². The summed E-state index contributed by atoms with van der Waals surface area (Å²) in [6, 6.07) is -5.66. The third-order valence-electron chi connectivity index (χ3n) is 11.9. The van der Waals surface area contributed by atoms with Crippen LogP contribution in [0.5, 0.6) is 5.75 Å². The highest BCUT2D eigenvalue weighted by Crippen LogP contribution is 2.14. The molecular formula is C46H76N12O14. The van der Waals surface area contributed by atoms with Crippen molar-refractivity contribution in [2.24, 2.45) is 17.4 Å². The van der Waals surface area contributed by atoms with Crippen LogP contribution in [0.3, 0.4) is 0 Å². The second kappa shape index (κ2) is 32.5. The van der Waals surface area contributed by atoms with Crippen molar-refractivity contribution in [1.82, 2.24) is 53.2 Å². The lowest BCUT2D eigenvalue weighted by molar-refractivity contribution is -0.143. The number of carbonyl (C=O) groups excluding carboxylic acids is 9. The maximum Gasteiger partial charge on any atom is 0.328 e. The van der Waals surface area contributed by atoms with Crippen molar-refractivity contribution in [3.63, 3.8) is 0 Å². The topological polar surface area (TPSA) is 424 Å². The lowest BCUT2D eigenvalue weighted by Gasteiger charge is -2.29. The first-order valence-electron chi connectivity index (χ1n) is 24.2. The number of carboxylic acid groups (broad SMARTS) is 1. The van der Waals surface area contributed by atoms with E-state index in [2.05, 4.69) is 53.2 Å². The highest BCUT2D eigenvalue weighted by Gasteiger charge is 2.35. The molecular weight excluding hydrogens is 945 g/mol. The van der Waals surface area contributed by atoms with E-state index in [1.165, 1.54) is 38.1 Å². The predicted molar refractivity (Wildman–Crippen MR) is 260 cm³/mol. The molecule has 0 saturated carbocycles. The molecule has 404 valence electrons. The van der Waals surface area contributed by atoms with Gasteiger partial charge in [0.25, 0.3) is 0 Å². The summed E-state index contributed by atoms with van der Waals surface area (Å²) in [4.78, 5) is 131. The number of aliphatic hydroxyl groups is 2. The number of rotatable bonds is 33. The fourth-order valence-corrected chi connectivity index (χ4v) is 7.27. The number of aliphatic hydroxyl groups excluding tert-OH is 2. The summed E-state index contributed by atoms with van der Waals surface area (Å²) in [5.74, 6) is -9.34. The van der Waals surface area contributed by atoms with Gasteiger partial charge in [-0.2, -0.15) is 0 Å². The van der Waals surface area contributed by atoms with Crippen LogP contribution in [0.1, 0.15) is 91.0 Å². The Hall–Kier alpha value is -6.48. The Kier molecular flexibility index (Phi) is 27.8. The quantitative estimate of drug-likeness (QED) is 0.0294. The smallest absolute Gasteiger partial charge is 0.328 e. The Balaban J connectivity index is 2.19. The Morgan fingerprint density at radius 3 is 1.65 bits per heavy atom. The first kappa shape index (κ1) is 61.6. The minimum atomic E-state index is -1.67. The van der Waals surface area contributed by atoms with E-state index in [1.54, 1.807) is 13.8 Å². The first-order chi connectivity index (χ1) is 34.2. The molecule has 1 aromatic rings. The number of nitrogens with one attached hydrogen (secondary N) is 10. The molecule has 1 fully saturated rings. The van der Waals surface area contributed by atoms with E-state index in [4.69, 9.17) is 11.5 Å². The highest BCUT2D eigenvalue weighted by molar-refractivity contribution is 5.98. The molecule has 0 unspecified atom stereocenters. The Bertz CT molecular complexity index is 1970. The lowest BCUT2D eigenvalue weighted by Crippen LogP contribution is -2.61. The number of hydrogen-bond donors (Lipinski definition) is 16. The van der Waals surface area contributed by atoms with Crippen molar-refractivity contribution in [2.75, 3.05) is 39.4 Å². The van der Waals surface area contributed by atoms with E-state index >= 15 is 0 Å². The van der Waals surface area contributed by atoms with Crippen molar-refractivity contribution in [1.29, 1.82) is 0 Å². The van der Waals surface area contributed by atoms with Crippen molar-refractivity contribution < 1.29 is 68.4 Å². The molecule has 0 bridgehead atoms. The number of phenolic OH excluding ortho intramolecular Hbond substituents is 1. The third-order valence-corrected chi connectivity index (χ3v) is 11.9. The van der Waals surface area contributed by atoms with Crippen LogP contribution >= 0.6 is 0 Å². The number of carbonyl (C=O) groups is 10. The predicted octanol–water partition coefficient (Wildman–Crippen LogP) is -4.91. The van der Waals surface area contributed by atoms with E-state index < -0.39 is 133 Å². The minimum absolute atomic E-state index is 0.0369. The molecule has 1 heterocycles. The summed E-state index contributed by atoms with van der Waals surface area (Å²) in [5.41, 5.74) is 11.8. The summed E-state index contributed by atoms with van der Waals surface area (Å²) in [5, 5.41) is 64.1. The van der Waals surface area contributed by atoms with Gasteiger partial charge in [0.15, 0.2) is 0 Å². The van der Waals surface area contributed by atoms with Gasteiger partial charge in [-0.1, -0.05) is 32.4 Å². The monoisotopic (exact) mass is 1020 g/mol. The van der Waals surface area contributed by atoms with Gasteiger partial charge in [-0.3, -0.25) is 43.2 Å². The minimum Gasteiger partial charge on any atom is -0.508 e. The van der Waals surface area contributed by atoms with E-state index in [1.807, 2.05) is 0 Å². The van der Waals surface area contributed by atoms with Gasteiger partial charge >= 0.3 is 5.97 Å². The number of nitrogens with two attached hydrogens (primary N) is 2. The zero-order chi connectivity index (χ0) is 53.9. The van der Waals surface area contributed by atoms with Gasteiger partial charge in [0.1, 0.15) is 54.1 Å². The number of aromatic hydroxyl groups is 1. The van der Waals surface area contributed by atoms with Crippen LogP contribution in [0.4, 0.5) is 0 Å². The standard InChI is InChI=1S/C46H76N12O14/c1-5-25(2)37(45(70)55-32(12-7-9-19-48)41(66)54-31(11-6-8-18-47)42(67)57-35(24-60)46(71)72)58-44(69)34(23-59)56-39(64)27(4)52-43(68)33(21-28-14-16-29(61)17-15-28)53-36(62)22-50-38(63)26(3)51-40(65)30-13-10-20-49-30/h14-17,25-27,30-35,37,49,59-61H,5-13,18-24,47-48H2,1-4H3,(H,50,63)(H,51,65)(H,52,68)(H,53,62)(H,54,66)(H,55,70)(H,56,64)(H,57,67)(H,58,69)(H,71,72)/t25-,26+,27-,30-,31-,32-,33-,34-,35-,37-/m0/s1. The molecule has 9 amide bonds. The Labute approximate surface area is 418 Å². The number of unbranched alkanes of at least 4 members (excludes halogenated alkanes) is 2. The summed E-state index contributed by atoms with van der Waals surface area (Å²) in [6.45, 7) is 4.81. The van der Waals surface area contributed by atoms with Crippen LogP contribution in [-0.2, 0) is 54.4 Å². The normalized spacial score (nSPS) is 16.9. The maximum atomic E-state index is 14.0. The van der Waals surface area contributed by atoms with Crippen molar-refractivity contribution >= 4 is 59.1 Å². The molecule has 26 heteroatoms. The lowest BCUT2D eigenvalue weighted by atomic mass is 9.97. The summed E-state index contributed by atoms with van der Waals surface area (Å²) in [7, 11) is 0. The Morgan fingerprint density at radius 2 is 1.14 bits per heavy atom. The molecule has 2 rings (SSSR count). The molecule has 26 nitrogen and oxygen atoms in total. The number of hydrogen-bond acceptors (Lipinski definition) is 16. The zero-order valence-electron chi connectivity index (χ0n) is 41.4. The van der Waals surface area contributed by atoms with Gasteiger partial charge in [-0.25, -0.2) is 4.79 Å². The van der Waals surface area contributed by atoms with E-state index in [0.29, 0.717) is 50.6 Å². The number of aliphatic carboxylic acids is 1. The van der Waals surface area contributed by atoms with E-state index in [0.717, 1.165) is 6.42 Å². The van der Waals surface area contributed by atoms with Gasteiger partial charge in [0, 0.05) is 6.42 Å². The second-order valence-corrected chi connectivity index (χ2v) is 17.7. The first-order valence-corrected chi connectivity index (χ1v) is 24.2. The van der Waals surface area contributed by atoms with Crippen LogP contribution in [-0.4, -0.2) is 173 Å². The van der Waals surface area contributed by atoms with Gasteiger partial charge < -0.3 is 85.1 Å². The number of carboxylic acids is 1. The van der Waals surface area contributed by atoms with Gasteiger partial charge in [0.2, 0.25) is 53.2 Å². The highest BCUT2D eigenvalue weighted by atomic mass is 16.4. The fourth-order valence-electron chi connectivity index (χ4n) is 7.27. The summed E-state index contributed by atoms with van der Waals surface area (Å²) < 4.78 is 0. The molecule has 10 atom stereocenters. The van der Waals surface area contributed by atoms with Crippen LogP contribution in [0.2, 0.25) is 0 Å². The molecule has 0 aliphatic carbocycles. The molecule has 72 heavy (non-hydrogen) atoms. The zero-order valence-corrected chi connectivity index (χ0v) is 41.4. The molecule has 0 radical (unpaired) electrons. The largest absolute Gasteiger partial charge is 0.508 e. The van der Waals surface area contributed by atoms with Gasteiger partial charge in [0.05, 0.1) is 25.8 Å². The fraction of sp³-hybridized carbons (Fsp3) is 0.652. The molecule has 1 aliphatic heterocycles. The molecule has 18 N–H and O–H groups in total. The molecule has 1 saturated heterocycles. The van der Waals surface area contributed by atoms with E-state index in [-0.39, 0.29) is 44.0 Å². The maximum absolute atomic E-state index is 14.0. The number of amides is 9. The summed E-state index contributed by atoms with van der Waals surface area (Å²) >= 11 is 0. The molecule has 0 spiro atoms.